The summed E-state index contributed by atoms with van der Waals surface area (Å²) >= 11 is 0. The summed E-state index contributed by atoms with van der Waals surface area (Å²) in [5.74, 6) is 0. The van der Waals surface area contributed by atoms with Crippen molar-refractivity contribution in [1.82, 2.24) is 0 Å². The Labute approximate surface area is 88.0 Å². The molecular weight excluding hydrogens is 168 g/mol. The third-order valence-electron chi connectivity index (χ3n) is 2.14. The maximum Gasteiger partial charge on any atom is -0.0187 e. The van der Waals surface area contributed by atoms with Crippen LogP contribution in [-0.2, 0) is 0 Å². The molecule has 0 aromatic heterocycles. The van der Waals surface area contributed by atoms with Gasteiger partial charge in [0.15, 0.2) is 0 Å². The van der Waals surface area contributed by atoms with Crippen molar-refractivity contribution in [2.75, 3.05) is 0 Å². The van der Waals surface area contributed by atoms with Crippen LogP contribution in [0.5, 0.6) is 0 Å². The molecule has 0 fully saturated rings. The number of aryl methyl sites for hydroxylation is 2. The van der Waals surface area contributed by atoms with Crippen molar-refractivity contribution in [2.24, 2.45) is 0 Å². The summed E-state index contributed by atoms with van der Waals surface area (Å²) in [6.07, 6.45) is 3.73. The van der Waals surface area contributed by atoms with E-state index < -0.39 is 0 Å². The summed E-state index contributed by atoms with van der Waals surface area (Å²) in [5.41, 5.74) is 4.92. The molecule has 76 valence electrons. The van der Waals surface area contributed by atoms with Crippen LogP contribution in [0, 0.1) is 13.8 Å². The van der Waals surface area contributed by atoms with Gasteiger partial charge in [-0.15, -0.1) is 0 Å². The summed E-state index contributed by atoms with van der Waals surface area (Å²) in [6, 6.07) is 4.28. The van der Waals surface area contributed by atoms with Crippen molar-refractivity contribution in [3.05, 3.63) is 47.5 Å². The second-order valence-corrected chi connectivity index (χ2v) is 2.97. The van der Waals surface area contributed by atoms with E-state index in [9.17, 15) is 0 Å². The third-order valence-corrected chi connectivity index (χ3v) is 2.14. The van der Waals surface area contributed by atoms with Crippen LogP contribution in [0.1, 0.15) is 36.1 Å². The Kier molecular flexibility index (Phi) is 5.62. The molecule has 0 amide bonds. The predicted molar refractivity (Wildman–Crippen MR) is 67.4 cm³/mol. The molecule has 0 heterocycles. The van der Waals surface area contributed by atoms with Crippen LogP contribution < -0.4 is 0 Å². The first-order chi connectivity index (χ1) is 6.69. The minimum absolute atomic E-state index is 1.16. The van der Waals surface area contributed by atoms with Gasteiger partial charge in [0, 0.05) is 0 Å². The van der Waals surface area contributed by atoms with Crippen LogP contribution in [-0.4, -0.2) is 0 Å². The lowest BCUT2D eigenvalue weighted by atomic mass is 10.00. The Morgan fingerprint density at radius 2 is 1.14 bits per heavy atom. The lowest BCUT2D eigenvalue weighted by Crippen LogP contribution is -1.86. The number of rotatable bonds is 2. The van der Waals surface area contributed by atoms with Gasteiger partial charge in [-0.05, 0) is 36.1 Å². The second kappa shape index (κ2) is 6.20. The van der Waals surface area contributed by atoms with Crippen LogP contribution in [0.3, 0.4) is 0 Å². The first-order valence-corrected chi connectivity index (χ1v) is 5.05. The van der Waals surface area contributed by atoms with Crippen molar-refractivity contribution >= 4 is 12.2 Å². The minimum atomic E-state index is 1.16. The Bertz CT molecular complexity index is 286. The molecule has 1 aromatic rings. The Hall–Kier alpha value is -1.30. The fraction of sp³-hybridized carbons (Fsp3) is 0.286. The van der Waals surface area contributed by atoms with E-state index in [-0.39, 0.29) is 0 Å². The van der Waals surface area contributed by atoms with Crippen LogP contribution in [0.25, 0.3) is 12.2 Å². The van der Waals surface area contributed by atoms with Crippen LogP contribution >= 0.6 is 0 Å². The summed E-state index contributed by atoms with van der Waals surface area (Å²) < 4.78 is 0. The highest BCUT2D eigenvalue weighted by Gasteiger charge is 1.98. The van der Waals surface area contributed by atoms with Crippen molar-refractivity contribution in [2.45, 2.75) is 27.7 Å². The van der Waals surface area contributed by atoms with E-state index in [2.05, 4.69) is 39.1 Å². The van der Waals surface area contributed by atoms with Gasteiger partial charge in [0.25, 0.3) is 0 Å². The molecule has 0 N–H and O–H groups in total. The predicted octanol–water partition coefficient (Wildman–Crippen LogP) is 4.62. The molecule has 0 saturated heterocycles. The van der Waals surface area contributed by atoms with Crippen LogP contribution in [0.2, 0.25) is 0 Å². The molecule has 1 rings (SSSR count). The zero-order valence-corrected chi connectivity index (χ0v) is 9.72. The van der Waals surface area contributed by atoms with Gasteiger partial charge >= 0.3 is 0 Å². The summed E-state index contributed by atoms with van der Waals surface area (Å²) in [4.78, 5) is 0. The topological polar surface area (TPSA) is 0 Å². The zero-order valence-electron chi connectivity index (χ0n) is 9.72. The summed E-state index contributed by atoms with van der Waals surface area (Å²) in [7, 11) is 0. The highest BCUT2D eigenvalue weighted by atomic mass is 14.0. The van der Waals surface area contributed by atoms with Gasteiger partial charge in [-0.1, -0.05) is 51.3 Å². The van der Waals surface area contributed by atoms with Crippen molar-refractivity contribution in [3.63, 3.8) is 0 Å². The van der Waals surface area contributed by atoms with Crippen molar-refractivity contribution in [1.29, 1.82) is 0 Å². The fourth-order valence-corrected chi connectivity index (χ4v) is 1.21. The molecule has 0 radical (unpaired) electrons. The van der Waals surface area contributed by atoms with E-state index in [0.29, 0.717) is 0 Å². The average molecular weight is 188 g/mol. The highest BCUT2D eigenvalue weighted by Crippen LogP contribution is 2.17. The standard InChI is InChI=1S/C12H14.C2H6/c1-5-11-7-9(3)10(4)8-12(11)6-2;1-2/h5-8H,1-2H2,3-4H3;1-2H3. The monoisotopic (exact) mass is 188 g/mol. The molecule has 0 bridgehead atoms. The highest BCUT2D eigenvalue weighted by molar-refractivity contribution is 5.65. The third kappa shape index (κ3) is 2.88. The van der Waals surface area contributed by atoms with Crippen molar-refractivity contribution in [3.8, 4) is 0 Å². The molecule has 0 nitrogen and oxygen atoms in total. The number of hydrogen-bond donors (Lipinski definition) is 0. The van der Waals surface area contributed by atoms with Gasteiger partial charge < -0.3 is 0 Å². The van der Waals surface area contributed by atoms with E-state index in [1.165, 1.54) is 11.1 Å². The van der Waals surface area contributed by atoms with E-state index in [0.717, 1.165) is 11.1 Å². The minimum Gasteiger partial charge on any atom is -0.0984 e. The molecule has 0 aliphatic rings. The normalized spacial score (nSPS) is 8.57. The number of benzene rings is 1. The van der Waals surface area contributed by atoms with E-state index in [4.69, 9.17) is 0 Å². The van der Waals surface area contributed by atoms with Crippen LogP contribution in [0.15, 0.2) is 25.3 Å². The van der Waals surface area contributed by atoms with Gasteiger partial charge in [-0.2, -0.15) is 0 Å². The molecule has 0 spiro atoms. The molecule has 0 heteroatoms. The van der Waals surface area contributed by atoms with Gasteiger partial charge in [-0.3, -0.25) is 0 Å². The first-order valence-electron chi connectivity index (χ1n) is 5.05. The smallest absolute Gasteiger partial charge is 0.0187 e. The molecular formula is C14H20. The van der Waals surface area contributed by atoms with E-state index in [1.807, 2.05) is 26.0 Å². The van der Waals surface area contributed by atoms with Gasteiger partial charge in [0.2, 0.25) is 0 Å². The maximum atomic E-state index is 3.76. The molecule has 0 aliphatic carbocycles. The van der Waals surface area contributed by atoms with E-state index >= 15 is 0 Å². The lowest BCUT2D eigenvalue weighted by molar-refractivity contribution is 1.33. The Morgan fingerprint density at radius 3 is 1.36 bits per heavy atom. The lowest BCUT2D eigenvalue weighted by Gasteiger charge is -2.05. The first kappa shape index (κ1) is 12.7. The molecule has 0 saturated carbocycles. The Morgan fingerprint density at radius 1 is 0.857 bits per heavy atom. The maximum absolute atomic E-state index is 3.76. The fourth-order valence-electron chi connectivity index (χ4n) is 1.21. The summed E-state index contributed by atoms with van der Waals surface area (Å²) in [6.45, 7) is 15.7. The molecule has 1 aromatic carbocycles. The van der Waals surface area contributed by atoms with Gasteiger partial charge in [0.1, 0.15) is 0 Å². The Balaban J connectivity index is 0.000000791. The molecule has 0 unspecified atom stereocenters. The average Bonchev–Trinajstić information content (AvgIpc) is 2.24. The van der Waals surface area contributed by atoms with Gasteiger partial charge in [-0.25, -0.2) is 0 Å². The van der Waals surface area contributed by atoms with E-state index in [1.54, 1.807) is 0 Å². The quantitative estimate of drug-likeness (QED) is 0.635. The molecule has 0 atom stereocenters. The SMILES string of the molecule is C=Cc1cc(C)c(C)cc1C=C.CC. The van der Waals surface area contributed by atoms with Crippen molar-refractivity contribution < 1.29 is 0 Å². The second-order valence-electron chi connectivity index (χ2n) is 2.97. The van der Waals surface area contributed by atoms with Crippen LogP contribution in [0.4, 0.5) is 0 Å². The number of hydrogen-bond acceptors (Lipinski definition) is 0. The van der Waals surface area contributed by atoms with Gasteiger partial charge in [0.05, 0.1) is 0 Å². The largest absolute Gasteiger partial charge is 0.0984 e. The summed E-state index contributed by atoms with van der Waals surface area (Å²) in [5, 5.41) is 0. The molecule has 0 aliphatic heterocycles. The molecule has 14 heavy (non-hydrogen) atoms. The zero-order chi connectivity index (χ0) is 11.1.